The fraction of sp³-hybridized carbons (Fsp3) is 0.462. The third kappa shape index (κ3) is 2.65. The highest BCUT2D eigenvalue weighted by Gasteiger charge is 2.23. The minimum absolute atomic E-state index is 0.147. The first-order chi connectivity index (χ1) is 8.08. The van der Waals surface area contributed by atoms with Crippen molar-refractivity contribution in [3.05, 3.63) is 29.3 Å². The van der Waals surface area contributed by atoms with Gasteiger partial charge in [0.25, 0.3) is 0 Å². The molecule has 17 heavy (non-hydrogen) atoms. The molecule has 0 spiro atoms. The molecule has 1 heterocycles. The van der Waals surface area contributed by atoms with Gasteiger partial charge in [0.05, 0.1) is 12.5 Å². The Hall–Kier alpha value is -1.39. The van der Waals surface area contributed by atoms with Gasteiger partial charge in [-0.2, -0.15) is 0 Å². The highest BCUT2D eigenvalue weighted by molar-refractivity contribution is 6.00. The minimum atomic E-state index is -0.336. The number of hydrogen-bond donors (Lipinski definition) is 2. The molecule has 4 nitrogen and oxygen atoms in total. The molecule has 1 aromatic rings. The third-order valence-electron chi connectivity index (χ3n) is 2.99. The number of likely N-dealkylation sites (N-methyl/N-ethyl adjacent to an activating group) is 1. The van der Waals surface area contributed by atoms with Crippen LogP contribution in [0.1, 0.15) is 18.1 Å². The molecule has 0 bridgehead atoms. The van der Waals surface area contributed by atoms with Crippen LogP contribution in [0, 0.1) is 0 Å². The van der Waals surface area contributed by atoms with Gasteiger partial charge in [-0.3, -0.25) is 4.79 Å². The summed E-state index contributed by atoms with van der Waals surface area (Å²) in [6.45, 7) is 3.05. The molecule has 1 aliphatic heterocycles. The minimum Gasteiger partial charge on any atom is -0.392 e. The Balaban J connectivity index is 2.03. The smallest absolute Gasteiger partial charge is 0.231 e. The van der Waals surface area contributed by atoms with Gasteiger partial charge in [-0.25, -0.2) is 0 Å². The van der Waals surface area contributed by atoms with E-state index in [1.807, 2.05) is 12.1 Å². The fourth-order valence-corrected chi connectivity index (χ4v) is 2.06. The zero-order chi connectivity index (χ0) is 12.4. The Morgan fingerprint density at radius 1 is 1.53 bits per heavy atom. The van der Waals surface area contributed by atoms with Gasteiger partial charge in [0.15, 0.2) is 0 Å². The van der Waals surface area contributed by atoms with Crippen molar-refractivity contribution in [2.75, 3.05) is 18.5 Å². The summed E-state index contributed by atoms with van der Waals surface area (Å²) in [5.74, 6) is 0.147. The highest BCUT2D eigenvalue weighted by Crippen LogP contribution is 2.28. The van der Waals surface area contributed by atoms with Gasteiger partial charge in [-0.15, -0.1) is 0 Å². The molecule has 0 saturated heterocycles. The van der Waals surface area contributed by atoms with Gasteiger partial charge in [-0.05, 0) is 24.1 Å². The number of amides is 1. The molecule has 1 aromatic carbocycles. The lowest BCUT2D eigenvalue weighted by atomic mass is 10.1. The Bertz CT molecular complexity index is 429. The lowest BCUT2D eigenvalue weighted by Gasteiger charge is -2.11. The van der Waals surface area contributed by atoms with Crippen molar-refractivity contribution in [2.45, 2.75) is 26.0 Å². The maximum atomic E-state index is 11.5. The number of nitrogens with one attached hydrogen (secondary N) is 1. The van der Waals surface area contributed by atoms with E-state index in [1.54, 1.807) is 18.9 Å². The number of benzene rings is 1. The summed E-state index contributed by atoms with van der Waals surface area (Å²) >= 11 is 0. The van der Waals surface area contributed by atoms with Crippen LogP contribution in [-0.2, 0) is 17.8 Å². The fourth-order valence-electron chi connectivity index (χ4n) is 2.06. The van der Waals surface area contributed by atoms with Gasteiger partial charge in [0.1, 0.15) is 0 Å². The highest BCUT2D eigenvalue weighted by atomic mass is 16.3. The summed E-state index contributed by atoms with van der Waals surface area (Å²) in [6.07, 6.45) is 0.160. The second-order valence-corrected chi connectivity index (χ2v) is 4.57. The molecule has 0 radical (unpaired) electrons. The van der Waals surface area contributed by atoms with Crippen LogP contribution < -0.4 is 10.2 Å². The monoisotopic (exact) mass is 234 g/mol. The zero-order valence-electron chi connectivity index (χ0n) is 10.2. The van der Waals surface area contributed by atoms with Crippen LogP contribution in [0.4, 0.5) is 5.69 Å². The predicted octanol–water partition coefficient (Wildman–Crippen LogP) is 0.676. The maximum Gasteiger partial charge on any atom is 0.231 e. The summed E-state index contributed by atoms with van der Waals surface area (Å²) < 4.78 is 0. The summed E-state index contributed by atoms with van der Waals surface area (Å²) in [7, 11) is 1.81. The largest absolute Gasteiger partial charge is 0.392 e. The van der Waals surface area contributed by atoms with Gasteiger partial charge in [0.2, 0.25) is 5.91 Å². The predicted molar refractivity (Wildman–Crippen MR) is 66.9 cm³/mol. The van der Waals surface area contributed by atoms with Gasteiger partial charge >= 0.3 is 0 Å². The maximum absolute atomic E-state index is 11.5. The average molecular weight is 234 g/mol. The number of rotatable bonds is 4. The molecular formula is C13H18N2O2. The number of fused-ring (bicyclic) bond motifs is 1. The quantitative estimate of drug-likeness (QED) is 0.805. The molecule has 0 saturated carbocycles. The molecule has 1 aliphatic rings. The Labute approximate surface area is 101 Å². The molecule has 4 heteroatoms. The van der Waals surface area contributed by atoms with Crippen LogP contribution in [0.15, 0.2) is 18.2 Å². The van der Waals surface area contributed by atoms with E-state index in [9.17, 15) is 4.79 Å². The van der Waals surface area contributed by atoms with Crippen molar-refractivity contribution in [1.82, 2.24) is 5.32 Å². The van der Waals surface area contributed by atoms with Crippen LogP contribution in [0.5, 0.6) is 0 Å². The lowest BCUT2D eigenvalue weighted by molar-refractivity contribution is -0.117. The van der Waals surface area contributed by atoms with Crippen LogP contribution in [0.2, 0.25) is 0 Å². The SMILES string of the molecule is CC(O)CNCc1ccc2c(c1)CC(=O)N2C. The van der Waals surface area contributed by atoms with Crippen molar-refractivity contribution in [2.24, 2.45) is 0 Å². The molecule has 2 N–H and O–H groups in total. The Kier molecular flexibility index (Phi) is 3.45. The number of carbonyl (C=O) groups excluding carboxylic acids is 1. The first kappa shape index (κ1) is 12.1. The lowest BCUT2D eigenvalue weighted by Crippen LogP contribution is -2.23. The molecule has 0 aliphatic carbocycles. The van der Waals surface area contributed by atoms with E-state index in [0.717, 1.165) is 23.4 Å². The van der Waals surface area contributed by atoms with E-state index in [4.69, 9.17) is 5.11 Å². The van der Waals surface area contributed by atoms with Crippen molar-refractivity contribution >= 4 is 11.6 Å². The van der Waals surface area contributed by atoms with E-state index in [2.05, 4.69) is 11.4 Å². The standard InChI is InChI=1S/C13H18N2O2/c1-9(16)7-14-8-10-3-4-12-11(5-10)6-13(17)15(12)2/h3-5,9,14,16H,6-8H2,1-2H3. The normalized spacial score (nSPS) is 16.2. The first-order valence-corrected chi connectivity index (χ1v) is 5.85. The van der Waals surface area contributed by atoms with Gasteiger partial charge < -0.3 is 15.3 Å². The first-order valence-electron chi connectivity index (χ1n) is 5.85. The number of anilines is 1. The van der Waals surface area contributed by atoms with Crippen LogP contribution in [0.25, 0.3) is 0 Å². The zero-order valence-corrected chi connectivity index (χ0v) is 10.2. The van der Waals surface area contributed by atoms with Crippen molar-refractivity contribution < 1.29 is 9.90 Å². The molecule has 1 unspecified atom stereocenters. The third-order valence-corrected chi connectivity index (χ3v) is 2.99. The van der Waals surface area contributed by atoms with E-state index in [0.29, 0.717) is 13.0 Å². The topological polar surface area (TPSA) is 52.6 Å². The number of aliphatic hydroxyl groups is 1. The molecule has 0 aromatic heterocycles. The molecule has 1 amide bonds. The number of aliphatic hydroxyl groups excluding tert-OH is 1. The molecular weight excluding hydrogens is 216 g/mol. The average Bonchev–Trinajstić information content (AvgIpc) is 2.54. The molecule has 1 atom stereocenters. The van der Waals surface area contributed by atoms with E-state index >= 15 is 0 Å². The second-order valence-electron chi connectivity index (χ2n) is 4.57. The van der Waals surface area contributed by atoms with Gasteiger partial charge in [0, 0.05) is 25.8 Å². The van der Waals surface area contributed by atoms with E-state index in [-0.39, 0.29) is 12.0 Å². The van der Waals surface area contributed by atoms with Gasteiger partial charge in [-0.1, -0.05) is 12.1 Å². The molecule has 92 valence electrons. The molecule has 0 fully saturated rings. The van der Waals surface area contributed by atoms with E-state index < -0.39 is 0 Å². The van der Waals surface area contributed by atoms with Crippen molar-refractivity contribution in [3.8, 4) is 0 Å². The van der Waals surface area contributed by atoms with Crippen LogP contribution in [0.3, 0.4) is 0 Å². The van der Waals surface area contributed by atoms with E-state index in [1.165, 1.54) is 0 Å². The second kappa shape index (κ2) is 4.85. The summed E-state index contributed by atoms with van der Waals surface area (Å²) in [4.78, 5) is 13.2. The Morgan fingerprint density at radius 2 is 2.29 bits per heavy atom. The van der Waals surface area contributed by atoms with Crippen LogP contribution in [-0.4, -0.2) is 30.7 Å². The Morgan fingerprint density at radius 3 is 3.00 bits per heavy atom. The molecule has 2 rings (SSSR count). The van der Waals surface area contributed by atoms with Crippen molar-refractivity contribution in [1.29, 1.82) is 0 Å². The number of carbonyl (C=O) groups is 1. The summed E-state index contributed by atoms with van der Waals surface area (Å²) in [5.41, 5.74) is 3.25. The summed E-state index contributed by atoms with van der Waals surface area (Å²) in [5, 5.41) is 12.3. The summed E-state index contributed by atoms with van der Waals surface area (Å²) in [6, 6.07) is 6.06. The van der Waals surface area contributed by atoms with Crippen LogP contribution >= 0.6 is 0 Å². The number of nitrogens with zero attached hydrogens (tertiary/aromatic N) is 1. The number of hydrogen-bond acceptors (Lipinski definition) is 3. The van der Waals surface area contributed by atoms with Crippen molar-refractivity contribution in [3.63, 3.8) is 0 Å².